The van der Waals surface area contributed by atoms with Crippen molar-refractivity contribution in [3.8, 4) is 0 Å². The second-order valence-corrected chi connectivity index (χ2v) is 17.8. The zero-order valence-corrected chi connectivity index (χ0v) is 42.5. The van der Waals surface area contributed by atoms with E-state index in [0.717, 1.165) is 77.0 Å². The number of hydrogen-bond acceptors (Lipinski definition) is 6. The van der Waals surface area contributed by atoms with Gasteiger partial charge in [0.1, 0.15) is 13.2 Å². The van der Waals surface area contributed by atoms with E-state index in [0.29, 0.717) is 19.3 Å². The second kappa shape index (κ2) is 53.2. The van der Waals surface area contributed by atoms with E-state index in [1.165, 1.54) is 128 Å². The monoisotopic (exact) mass is 905 g/mol. The highest BCUT2D eigenvalue weighted by Crippen LogP contribution is 2.15. The second-order valence-electron chi connectivity index (χ2n) is 17.8. The zero-order chi connectivity index (χ0) is 47.2. The molecule has 0 aliphatic heterocycles. The zero-order valence-electron chi connectivity index (χ0n) is 42.5. The Balaban J connectivity index is 4.17. The van der Waals surface area contributed by atoms with E-state index in [2.05, 4.69) is 93.7 Å². The van der Waals surface area contributed by atoms with Crippen molar-refractivity contribution in [2.24, 2.45) is 0 Å². The average molecular weight is 905 g/mol. The van der Waals surface area contributed by atoms with E-state index < -0.39 is 12.1 Å². The summed E-state index contributed by atoms with van der Waals surface area (Å²) in [5.74, 6) is -0.996. The van der Waals surface area contributed by atoms with Crippen LogP contribution in [0.1, 0.15) is 252 Å². The van der Waals surface area contributed by atoms with Crippen LogP contribution < -0.4 is 0 Å². The Bertz CT molecular complexity index is 1270. The van der Waals surface area contributed by atoms with Gasteiger partial charge in [-0.25, -0.2) is 0 Å². The summed E-state index contributed by atoms with van der Waals surface area (Å²) in [5, 5.41) is 0. The normalized spacial score (nSPS) is 12.7. The van der Waals surface area contributed by atoms with Gasteiger partial charge in [0.2, 0.25) is 0 Å². The van der Waals surface area contributed by atoms with Crippen molar-refractivity contribution < 1.29 is 28.6 Å². The van der Waals surface area contributed by atoms with Gasteiger partial charge in [-0.3, -0.25) is 14.4 Å². The lowest BCUT2D eigenvalue weighted by atomic mass is 10.0. The highest BCUT2D eigenvalue weighted by molar-refractivity contribution is 5.71. The third kappa shape index (κ3) is 51.4. The van der Waals surface area contributed by atoms with Crippen molar-refractivity contribution in [2.45, 2.75) is 258 Å². The van der Waals surface area contributed by atoms with Crippen molar-refractivity contribution in [2.75, 3.05) is 13.2 Å². The molecule has 1 atom stereocenters. The summed E-state index contributed by atoms with van der Waals surface area (Å²) in [5.41, 5.74) is 0. The minimum absolute atomic E-state index is 0.105. The van der Waals surface area contributed by atoms with Crippen LogP contribution in [0.3, 0.4) is 0 Å². The van der Waals surface area contributed by atoms with Crippen LogP contribution in [0.5, 0.6) is 0 Å². The maximum Gasteiger partial charge on any atom is 0.306 e. The average Bonchev–Trinajstić information content (AvgIpc) is 3.30. The Hall–Kier alpha value is -3.41. The lowest BCUT2D eigenvalue weighted by Crippen LogP contribution is -2.30. The van der Waals surface area contributed by atoms with Crippen molar-refractivity contribution in [3.63, 3.8) is 0 Å². The van der Waals surface area contributed by atoms with Gasteiger partial charge in [-0.1, -0.05) is 234 Å². The van der Waals surface area contributed by atoms with Gasteiger partial charge in [-0.2, -0.15) is 0 Å². The molecule has 6 nitrogen and oxygen atoms in total. The molecule has 6 heteroatoms. The van der Waals surface area contributed by atoms with Gasteiger partial charge in [0.15, 0.2) is 6.10 Å². The highest BCUT2D eigenvalue weighted by Gasteiger charge is 2.19. The van der Waals surface area contributed by atoms with Crippen LogP contribution in [0, 0.1) is 0 Å². The molecule has 0 aliphatic rings. The largest absolute Gasteiger partial charge is 0.462 e. The third-order valence-electron chi connectivity index (χ3n) is 11.4. The minimum atomic E-state index is -0.811. The number of allylic oxidation sites excluding steroid dienone is 14. The van der Waals surface area contributed by atoms with Gasteiger partial charge in [0.05, 0.1) is 0 Å². The first-order valence-corrected chi connectivity index (χ1v) is 27.1. The lowest BCUT2D eigenvalue weighted by Gasteiger charge is -2.18. The molecule has 0 N–H and O–H groups in total. The third-order valence-corrected chi connectivity index (χ3v) is 11.4. The molecule has 1 unspecified atom stereocenters. The van der Waals surface area contributed by atoms with Crippen molar-refractivity contribution in [1.82, 2.24) is 0 Å². The molecule has 0 amide bonds. The Morgan fingerprint density at radius 1 is 0.323 bits per heavy atom. The smallest absolute Gasteiger partial charge is 0.306 e. The first-order valence-electron chi connectivity index (χ1n) is 27.1. The van der Waals surface area contributed by atoms with E-state index in [4.69, 9.17) is 14.2 Å². The minimum Gasteiger partial charge on any atom is -0.462 e. The van der Waals surface area contributed by atoms with Crippen LogP contribution in [0.2, 0.25) is 0 Å². The fraction of sp³-hybridized carbons (Fsp3) is 0.712. The number of ether oxygens (including phenoxy) is 3. The summed E-state index contributed by atoms with van der Waals surface area (Å²) < 4.78 is 16.6. The molecule has 0 aromatic heterocycles. The van der Waals surface area contributed by atoms with Gasteiger partial charge >= 0.3 is 17.9 Å². The predicted octanol–water partition coefficient (Wildman–Crippen LogP) is 18.0. The Morgan fingerprint density at radius 2 is 0.631 bits per heavy atom. The summed E-state index contributed by atoms with van der Waals surface area (Å²) in [4.78, 5) is 37.7. The van der Waals surface area contributed by atoms with Crippen LogP contribution in [-0.2, 0) is 28.6 Å². The molecule has 0 aliphatic carbocycles. The first kappa shape index (κ1) is 61.6. The summed E-state index contributed by atoms with van der Waals surface area (Å²) in [6, 6.07) is 0. The predicted molar refractivity (Wildman–Crippen MR) is 279 cm³/mol. The molecule has 65 heavy (non-hydrogen) atoms. The molecule has 0 radical (unpaired) electrons. The van der Waals surface area contributed by atoms with Gasteiger partial charge in [-0.15, -0.1) is 0 Å². The van der Waals surface area contributed by atoms with Crippen LogP contribution in [0.15, 0.2) is 85.1 Å². The Labute approximate surface area is 401 Å². The molecule has 0 saturated carbocycles. The lowest BCUT2D eigenvalue weighted by molar-refractivity contribution is -0.166. The Kier molecular flexibility index (Phi) is 50.4. The van der Waals surface area contributed by atoms with E-state index in [-0.39, 0.29) is 31.6 Å². The maximum absolute atomic E-state index is 12.7. The number of carbonyl (C=O) groups excluding carboxylic acids is 3. The van der Waals surface area contributed by atoms with Crippen LogP contribution in [-0.4, -0.2) is 37.2 Å². The summed E-state index contributed by atoms with van der Waals surface area (Å²) in [6.07, 6.45) is 69.0. The number of hydrogen-bond donors (Lipinski definition) is 0. The fourth-order valence-corrected chi connectivity index (χ4v) is 7.35. The molecule has 0 spiro atoms. The van der Waals surface area contributed by atoms with E-state index >= 15 is 0 Å². The van der Waals surface area contributed by atoms with Gasteiger partial charge < -0.3 is 14.2 Å². The van der Waals surface area contributed by atoms with Crippen LogP contribution >= 0.6 is 0 Å². The van der Waals surface area contributed by atoms with E-state index in [1.807, 2.05) is 12.2 Å². The summed E-state index contributed by atoms with van der Waals surface area (Å²) in [7, 11) is 0. The SMILES string of the molecule is CC/C=C\C/C=C\C/C=C\C/C=C\CCC(=O)OC(COC(=O)CCCCCCCCC)COC(=O)CCCCCCCCCCCCCC/C=C\C/C=C\C/C=C\CCCCCCC. The molecule has 0 saturated heterocycles. The van der Waals surface area contributed by atoms with Crippen molar-refractivity contribution >= 4 is 17.9 Å². The van der Waals surface area contributed by atoms with Gasteiger partial charge in [0, 0.05) is 19.3 Å². The molecule has 0 heterocycles. The quantitative estimate of drug-likeness (QED) is 0.0262. The molecule has 0 aromatic rings. The van der Waals surface area contributed by atoms with Crippen molar-refractivity contribution in [3.05, 3.63) is 85.1 Å². The number of unbranched alkanes of at least 4 members (excludes halogenated alkanes) is 23. The number of rotatable bonds is 48. The summed E-state index contributed by atoms with van der Waals surface area (Å²) in [6.45, 7) is 6.40. The molecular formula is C59H100O6. The van der Waals surface area contributed by atoms with Gasteiger partial charge in [0.25, 0.3) is 0 Å². The summed E-state index contributed by atoms with van der Waals surface area (Å²) >= 11 is 0. The van der Waals surface area contributed by atoms with Crippen molar-refractivity contribution in [1.29, 1.82) is 0 Å². The first-order chi connectivity index (χ1) is 32.0. The molecule has 0 bridgehead atoms. The van der Waals surface area contributed by atoms with Crippen LogP contribution in [0.25, 0.3) is 0 Å². The van der Waals surface area contributed by atoms with Crippen LogP contribution in [0.4, 0.5) is 0 Å². The maximum atomic E-state index is 12.7. The Morgan fingerprint density at radius 3 is 1.00 bits per heavy atom. The standard InChI is InChI=1S/C59H100O6/c1-4-7-10-13-16-18-20-22-23-24-25-26-27-28-29-30-31-32-33-34-35-37-38-40-43-46-49-52-58(61)64-55-56(54-63-57(60)51-48-45-42-15-12-9-6-3)65-59(62)53-50-47-44-41-39-36-21-19-17-14-11-8-5-2/h8,11,17,19-20,22,24-25,27-28,36,39,44,47,56H,4-7,9-10,12-16,18,21,23,26,29-35,37-38,40-43,45-46,48-55H2,1-3H3/b11-8-,19-17-,22-20-,25-24-,28-27-,39-36-,47-44-. The molecule has 372 valence electrons. The molecular weight excluding hydrogens is 805 g/mol. The number of carbonyl (C=O) groups is 3. The fourth-order valence-electron chi connectivity index (χ4n) is 7.35. The van der Waals surface area contributed by atoms with Gasteiger partial charge in [-0.05, 0) is 83.5 Å². The highest BCUT2D eigenvalue weighted by atomic mass is 16.6. The van der Waals surface area contributed by atoms with E-state index in [1.54, 1.807) is 0 Å². The molecule has 0 fully saturated rings. The molecule has 0 aromatic carbocycles. The number of esters is 3. The molecule has 0 rings (SSSR count). The van der Waals surface area contributed by atoms with E-state index in [9.17, 15) is 14.4 Å². The topological polar surface area (TPSA) is 78.9 Å².